The van der Waals surface area contributed by atoms with Gasteiger partial charge in [-0.1, -0.05) is 183 Å². The number of para-hydroxylation sites is 3. The number of hydrogen-bond donors (Lipinski definition) is 0. The van der Waals surface area contributed by atoms with Crippen LogP contribution in [-0.2, 0) is 0 Å². The van der Waals surface area contributed by atoms with Crippen LogP contribution in [0.4, 0.5) is 28.4 Å². The summed E-state index contributed by atoms with van der Waals surface area (Å²) in [4.78, 5) is 4.97. The summed E-state index contributed by atoms with van der Waals surface area (Å²) >= 11 is 0. The van der Waals surface area contributed by atoms with Crippen molar-refractivity contribution in [1.82, 2.24) is 0 Å². The summed E-state index contributed by atoms with van der Waals surface area (Å²) in [5.41, 5.74) is 15.2. The maximum atomic E-state index is 6.65. The fourth-order valence-electron chi connectivity index (χ4n) is 11.5. The fraction of sp³-hybridized carbons (Fsp3) is 0.0625. The van der Waals surface area contributed by atoms with Crippen molar-refractivity contribution in [3.63, 3.8) is 0 Å². The summed E-state index contributed by atoms with van der Waals surface area (Å²) in [6.07, 6.45) is 5.79. The van der Waals surface area contributed by atoms with Crippen LogP contribution in [0.15, 0.2) is 247 Å². The van der Waals surface area contributed by atoms with Crippen molar-refractivity contribution in [3.8, 4) is 11.1 Å². The average Bonchev–Trinajstić information content (AvgIpc) is 3.88. The van der Waals surface area contributed by atoms with Gasteiger partial charge in [-0.05, 0) is 116 Å². The summed E-state index contributed by atoms with van der Waals surface area (Å²) in [5, 5.41) is 10.3. The van der Waals surface area contributed by atoms with Gasteiger partial charge in [0.05, 0.1) is 11.4 Å². The van der Waals surface area contributed by atoms with Crippen LogP contribution in [0.1, 0.15) is 23.5 Å². The third kappa shape index (κ3) is 6.40. The van der Waals surface area contributed by atoms with E-state index < -0.39 is 8.07 Å². The molecule has 13 rings (SSSR count). The first-order chi connectivity index (χ1) is 33.5. The van der Waals surface area contributed by atoms with Gasteiger partial charge in [0.2, 0.25) is 0 Å². The van der Waals surface area contributed by atoms with E-state index in [0.29, 0.717) is 0 Å². The van der Waals surface area contributed by atoms with Gasteiger partial charge in [0.25, 0.3) is 0 Å². The lowest BCUT2D eigenvalue weighted by Gasteiger charge is -2.33. The molecule has 1 aliphatic heterocycles. The fourth-order valence-corrected chi connectivity index (χ4v) is 14.9. The van der Waals surface area contributed by atoms with E-state index in [1.165, 1.54) is 71.1 Å². The minimum absolute atomic E-state index is 0.216. The number of hydrogen-bond acceptors (Lipinski definition) is 3. The Morgan fingerprint density at radius 2 is 1.00 bits per heavy atom. The number of nitrogens with zero attached hydrogens (tertiary/aromatic N) is 2. The van der Waals surface area contributed by atoms with Crippen molar-refractivity contribution in [2.45, 2.75) is 25.4 Å². The summed E-state index contributed by atoms with van der Waals surface area (Å²) in [7, 11) is -2.39. The molecule has 1 aromatic heterocycles. The van der Waals surface area contributed by atoms with E-state index in [9.17, 15) is 0 Å². The third-order valence-electron chi connectivity index (χ3n) is 14.6. The molecule has 2 heterocycles. The quantitative estimate of drug-likeness (QED) is 0.142. The van der Waals surface area contributed by atoms with Gasteiger partial charge in [0, 0.05) is 56.3 Å². The molecule has 0 radical (unpaired) electrons. The predicted molar refractivity (Wildman–Crippen MR) is 290 cm³/mol. The molecule has 0 saturated carbocycles. The molecular weight excluding hydrogens is 841 g/mol. The Bertz CT molecular complexity index is 3760. The zero-order chi connectivity index (χ0) is 45.3. The van der Waals surface area contributed by atoms with Gasteiger partial charge in [-0.2, -0.15) is 0 Å². The lowest BCUT2D eigenvalue weighted by atomic mass is 9.81. The Balaban J connectivity index is 1.07. The Kier molecular flexibility index (Phi) is 9.45. The van der Waals surface area contributed by atoms with Crippen LogP contribution in [0.2, 0.25) is 13.1 Å². The van der Waals surface area contributed by atoms with E-state index >= 15 is 0 Å². The standard InChI is InChI=1S/C64H48N2OSi/c1-68(2)62-42-59(50-29-15-17-32-54(50)63(62)57-41-58(51-30-16-18-33-55(51)64(57)68)65(45-25-11-5-12-26-45)46-27-13-6-14-28-46)66(48-36-38-53-52-31-19-20-34-60(52)67-61(53)40-48)47-35-37-49(43-21-7-3-8-22-43)56(39-47)44-23-9-4-10-24-44/h3-36,38-42,49H,37H2,1-2H3. The van der Waals surface area contributed by atoms with Crippen LogP contribution in [0.25, 0.3) is 60.2 Å². The summed E-state index contributed by atoms with van der Waals surface area (Å²) in [6.45, 7) is 5.13. The van der Waals surface area contributed by atoms with Crippen molar-refractivity contribution >= 4 is 95.9 Å². The van der Waals surface area contributed by atoms with Crippen LogP contribution in [-0.4, -0.2) is 8.07 Å². The van der Waals surface area contributed by atoms with Crippen LogP contribution >= 0.6 is 0 Å². The first-order valence-corrected chi connectivity index (χ1v) is 26.8. The zero-order valence-electron chi connectivity index (χ0n) is 38.1. The molecule has 0 amide bonds. The van der Waals surface area contributed by atoms with Crippen molar-refractivity contribution in [2.24, 2.45) is 0 Å². The number of anilines is 5. The number of benzene rings is 10. The predicted octanol–water partition coefficient (Wildman–Crippen LogP) is 16.5. The van der Waals surface area contributed by atoms with E-state index in [0.717, 1.165) is 51.1 Å². The first kappa shape index (κ1) is 40.1. The van der Waals surface area contributed by atoms with Crippen LogP contribution in [0, 0.1) is 0 Å². The third-order valence-corrected chi connectivity index (χ3v) is 18.1. The highest BCUT2D eigenvalue weighted by Gasteiger charge is 2.42. The maximum absolute atomic E-state index is 6.65. The summed E-state index contributed by atoms with van der Waals surface area (Å²) in [6, 6.07) is 82.2. The van der Waals surface area contributed by atoms with E-state index in [4.69, 9.17) is 4.42 Å². The van der Waals surface area contributed by atoms with Crippen molar-refractivity contribution < 1.29 is 4.42 Å². The lowest BCUT2D eigenvalue weighted by molar-refractivity contribution is 0.669. The Morgan fingerprint density at radius 1 is 0.456 bits per heavy atom. The van der Waals surface area contributed by atoms with Gasteiger partial charge >= 0.3 is 0 Å². The average molecular weight is 889 g/mol. The molecule has 0 N–H and O–H groups in total. The molecule has 0 bridgehead atoms. The van der Waals surface area contributed by atoms with Crippen molar-refractivity contribution in [3.05, 3.63) is 253 Å². The normalized spacial score (nSPS) is 15.0. The maximum Gasteiger partial charge on any atom is 0.137 e. The van der Waals surface area contributed by atoms with Gasteiger partial charge in [-0.3, -0.25) is 0 Å². The molecule has 0 spiro atoms. The number of furan rings is 1. The molecule has 10 aromatic carbocycles. The Hall–Kier alpha value is -8.18. The highest BCUT2D eigenvalue weighted by Crippen LogP contribution is 2.49. The Labute approximate surface area is 398 Å². The SMILES string of the molecule is C[Si]1(C)c2cc(N(C3=CCC(c4ccccc4)C(c4ccccc4)=C3)c3ccc4c(c3)oc3ccccc34)c3ccccc3c2-c2cc(N(c3ccccc3)c3ccccc3)c3ccccc3c21. The van der Waals surface area contributed by atoms with Crippen LogP contribution in [0.3, 0.4) is 0 Å². The van der Waals surface area contributed by atoms with Gasteiger partial charge < -0.3 is 14.2 Å². The molecule has 0 saturated heterocycles. The molecule has 1 unspecified atom stereocenters. The second-order valence-corrected chi connectivity index (χ2v) is 23.1. The minimum atomic E-state index is -2.39. The molecule has 11 aromatic rings. The van der Waals surface area contributed by atoms with Crippen LogP contribution in [0.5, 0.6) is 0 Å². The molecule has 0 fully saturated rings. The smallest absolute Gasteiger partial charge is 0.137 e. The van der Waals surface area contributed by atoms with Gasteiger partial charge in [-0.15, -0.1) is 0 Å². The van der Waals surface area contributed by atoms with Gasteiger partial charge in [0.15, 0.2) is 0 Å². The largest absolute Gasteiger partial charge is 0.456 e. The molecule has 2 aliphatic rings. The molecule has 4 heteroatoms. The molecule has 1 atom stereocenters. The first-order valence-electron chi connectivity index (χ1n) is 23.8. The molecule has 68 heavy (non-hydrogen) atoms. The summed E-state index contributed by atoms with van der Waals surface area (Å²) < 4.78 is 6.65. The second kappa shape index (κ2) is 16.0. The van der Waals surface area contributed by atoms with E-state index in [1.807, 2.05) is 0 Å². The number of rotatable bonds is 8. The van der Waals surface area contributed by atoms with Gasteiger partial charge in [0.1, 0.15) is 19.2 Å². The van der Waals surface area contributed by atoms with Crippen molar-refractivity contribution in [2.75, 3.05) is 9.80 Å². The minimum Gasteiger partial charge on any atom is -0.456 e. The molecular formula is C64H48N2OSi. The lowest BCUT2D eigenvalue weighted by Crippen LogP contribution is -2.49. The van der Waals surface area contributed by atoms with Gasteiger partial charge in [-0.25, -0.2) is 0 Å². The number of allylic oxidation sites excluding steroid dienone is 3. The number of fused-ring (bicyclic) bond motifs is 10. The van der Waals surface area contributed by atoms with Crippen LogP contribution < -0.4 is 20.2 Å². The van der Waals surface area contributed by atoms with E-state index in [-0.39, 0.29) is 5.92 Å². The molecule has 324 valence electrons. The topological polar surface area (TPSA) is 19.6 Å². The zero-order valence-corrected chi connectivity index (χ0v) is 39.1. The summed E-state index contributed by atoms with van der Waals surface area (Å²) in [5.74, 6) is 0.216. The Morgan fingerprint density at radius 3 is 1.69 bits per heavy atom. The molecule has 3 nitrogen and oxygen atoms in total. The second-order valence-electron chi connectivity index (χ2n) is 18.8. The van der Waals surface area contributed by atoms with E-state index in [1.54, 1.807) is 0 Å². The highest BCUT2D eigenvalue weighted by atomic mass is 28.3. The van der Waals surface area contributed by atoms with E-state index in [2.05, 4.69) is 260 Å². The monoisotopic (exact) mass is 888 g/mol. The van der Waals surface area contributed by atoms with Crippen molar-refractivity contribution in [1.29, 1.82) is 0 Å². The molecule has 1 aliphatic carbocycles. The highest BCUT2D eigenvalue weighted by molar-refractivity contribution is 7.05.